The van der Waals surface area contributed by atoms with Gasteiger partial charge in [-0.1, -0.05) is 18.9 Å². The monoisotopic (exact) mass is 198 g/mol. The smallest absolute Gasteiger partial charge is 0.322 e. The van der Waals surface area contributed by atoms with Crippen molar-refractivity contribution >= 4 is 11.9 Å². The molecule has 0 aliphatic carbocycles. The van der Waals surface area contributed by atoms with Crippen LogP contribution in [0.2, 0.25) is 0 Å². The molecule has 0 radical (unpaired) electrons. The van der Waals surface area contributed by atoms with Crippen LogP contribution >= 0.6 is 0 Å². The number of aryl methyl sites for hydroxylation is 1. The average Bonchev–Trinajstić information content (AvgIpc) is 2.49. The van der Waals surface area contributed by atoms with E-state index in [-0.39, 0.29) is 17.8 Å². The Labute approximate surface area is 81.9 Å². The Bertz CT molecular complexity index is 321. The maximum atomic E-state index is 11.4. The molecule has 3 N–H and O–H groups in total. The van der Waals surface area contributed by atoms with Gasteiger partial charge in [0.2, 0.25) is 11.8 Å². The van der Waals surface area contributed by atoms with Gasteiger partial charge in [-0.25, -0.2) is 0 Å². The first-order valence-electron chi connectivity index (χ1n) is 4.37. The first kappa shape index (κ1) is 10.6. The lowest BCUT2D eigenvalue weighted by atomic mass is 10.1. The van der Waals surface area contributed by atoms with Crippen molar-refractivity contribution in [1.82, 2.24) is 10.2 Å². The molecule has 1 aromatic heterocycles. The summed E-state index contributed by atoms with van der Waals surface area (Å²) in [6, 6.07) is -0.481. The summed E-state index contributed by atoms with van der Waals surface area (Å²) in [7, 11) is 0. The third kappa shape index (κ3) is 2.53. The van der Waals surface area contributed by atoms with Gasteiger partial charge < -0.3 is 10.2 Å². The molecule has 0 spiro atoms. The first-order chi connectivity index (χ1) is 6.50. The molecule has 0 bridgehead atoms. The van der Waals surface area contributed by atoms with Gasteiger partial charge in [0, 0.05) is 6.92 Å². The summed E-state index contributed by atoms with van der Waals surface area (Å²) >= 11 is 0. The summed E-state index contributed by atoms with van der Waals surface area (Å²) in [5.41, 5.74) is 5.61. The molecule has 14 heavy (non-hydrogen) atoms. The van der Waals surface area contributed by atoms with E-state index in [4.69, 9.17) is 10.2 Å². The van der Waals surface area contributed by atoms with Gasteiger partial charge in [0.1, 0.15) is 0 Å². The number of aromatic nitrogens is 2. The fourth-order valence-corrected chi connectivity index (χ4v) is 0.839. The summed E-state index contributed by atoms with van der Waals surface area (Å²) in [5, 5.41) is 9.63. The van der Waals surface area contributed by atoms with Gasteiger partial charge in [-0.05, 0) is 5.92 Å². The van der Waals surface area contributed by atoms with E-state index in [9.17, 15) is 4.79 Å². The number of hydrogen-bond donors (Lipinski definition) is 2. The predicted molar refractivity (Wildman–Crippen MR) is 50.5 cm³/mol. The van der Waals surface area contributed by atoms with Crippen LogP contribution in [-0.4, -0.2) is 22.1 Å². The van der Waals surface area contributed by atoms with E-state index in [0.29, 0.717) is 5.89 Å². The highest BCUT2D eigenvalue weighted by atomic mass is 16.4. The fraction of sp³-hybridized carbons (Fsp3) is 0.625. The molecular formula is C8H14N4O2. The van der Waals surface area contributed by atoms with E-state index in [1.165, 1.54) is 0 Å². The predicted octanol–water partition coefficient (Wildman–Crippen LogP) is 0.300. The van der Waals surface area contributed by atoms with Gasteiger partial charge in [-0.2, -0.15) is 0 Å². The number of nitrogens with two attached hydrogens (primary N) is 1. The normalized spacial score (nSPS) is 12.9. The third-order valence-corrected chi connectivity index (χ3v) is 1.78. The van der Waals surface area contributed by atoms with Crippen molar-refractivity contribution in [2.45, 2.75) is 26.8 Å². The van der Waals surface area contributed by atoms with Crippen molar-refractivity contribution < 1.29 is 9.21 Å². The van der Waals surface area contributed by atoms with E-state index in [2.05, 4.69) is 15.5 Å². The van der Waals surface area contributed by atoms with Crippen molar-refractivity contribution in [3.63, 3.8) is 0 Å². The number of amides is 1. The Morgan fingerprint density at radius 1 is 1.50 bits per heavy atom. The number of carbonyl (C=O) groups is 1. The third-order valence-electron chi connectivity index (χ3n) is 1.78. The summed E-state index contributed by atoms with van der Waals surface area (Å²) in [5.74, 6) is 0.154. The van der Waals surface area contributed by atoms with Crippen LogP contribution in [0.3, 0.4) is 0 Å². The van der Waals surface area contributed by atoms with Crippen LogP contribution in [0.15, 0.2) is 4.42 Å². The van der Waals surface area contributed by atoms with Gasteiger partial charge in [-0.3, -0.25) is 10.1 Å². The molecule has 0 unspecified atom stereocenters. The van der Waals surface area contributed by atoms with Crippen LogP contribution in [0.25, 0.3) is 0 Å². The molecular weight excluding hydrogens is 184 g/mol. The standard InChI is InChI=1S/C8H14N4O2/c1-4(2)6(9)7(13)10-8-12-11-5(3)14-8/h4,6H,9H2,1-3H3,(H,10,12,13)/t6-/m1/s1. The molecule has 1 heterocycles. The second kappa shape index (κ2) is 4.19. The molecule has 6 nitrogen and oxygen atoms in total. The number of carbonyl (C=O) groups excluding carboxylic acids is 1. The Hall–Kier alpha value is -1.43. The number of hydrogen-bond acceptors (Lipinski definition) is 5. The van der Waals surface area contributed by atoms with E-state index in [1.807, 2.05) is 13.8 Å². The van der Waals surface area contributed by atoms with Gasteiger partial charge in [-0.15, -0.1) is 5.10 Å². The van der Waals surface area contributed by atoms with Crippen LogP contribution in [0, 0.1) is 12.8 Å². The second-order valence-electron chi connectivity index (χ2n) is 3.39. The lowest BCUT2D eigenvalue weighted by molar-refractivity contribution is -0.118. The molecule has 0 saturated heterocycles. The molecule has 1 amide bonds. The van der Waals surface area contributed by atoms with Gasteiger partial charge >= 0.3 is 6.01 Å². The summed E-state index contributed by atoms with van der Waals surface area (Å²) < 4.78 is 4.97. The Morgan fingerprint density at radius 2 is 2.14 bits per heavy atom. The zero-order valence-electron chi connectivity index (χ0n) is 8.44. The quantitative estimate of drug-likeness (QED) is 0.728. The zero-order chi connectivity index (χ0) is 10.7. The van der Waals surface area contributed by atoms with Crippen LogP contribution in [0.1, 0.15) is 19.7 Å². The SMILES string of the molecule is Cc1nnc(NC(=O)[C@H](N)C(C)C)o1. The molecule has 0 aromatic carbocycles. The van der Waals surface area contributed by atoms with E-state index in [0.717, 1.165) is 0 Å². The maximum Gasteiger partial charge on any atom is 0.322 e. The number of nitrogens with zero attached hydrogens (tertiary/aromatic N) is 2. The lowest BCUT2D eigenvalue weighted by Gasteiger charge is -2.12. The molecule has 1 atom stereocenters. The van der Waals surface area contributed by atoms with Crippen molar-refractivity contribution in [3.8, 4) is 0 Å². The minimum atomic E-state index is -0.567. The average molecular weight is 198 g/mol. The van der Waals surface area contributed by atoms with Crippen molar-refractivity contribution in [2.75, 3.05) is 5.32 Å². The van der Waals surface area contributed by atoms with Crippen molar-refractivity contribution in [3.05, 3.63) is 5.89 Å². The summed E-state index contributed by atoms with van der Waals surface area (Å²) in [6.07, 6.45) is 0. The lowest BCUT2D eigenvalue weighted by Crippen LogP contribution is -2.39. The number of nitrogens with one attached hydrogen (secondary N) is 1. The first-order valence-corrected chi connectivity index (χ1v) is 4.37. The summed E-state index contributed by atoms with van der Waals surface area (Å²) in [4.78, 5) is 11.4. The maximum absolute atomic E-state index is 11.4. The minimum Gasteiger partial charge on any atom is -0.408 e. The van der Waals surface area contributed by atoms with Crippen LogP contribution < -0.4 is 11.1 Å². The molecule has 78 valence electrons. The minimum absolute atomic E-state index is 0.0685. The molecule has 1 rings (SSSR count). The molecule has 0 aliphatic heterocycles. The molecule has 0 saturated carbocycles. The Balaban J connectivity index is 2.57. The van der Waals surface area contributed by atoms with Gasteiger partial charge in [0.25, 0.3) is 0 Å². The van der Waals surface area contributed by atoms with Crippen molar-refractivity contribution in [1.29, 1.82) is 0 Å². The molecule has 6 heteroatoms. The van der Waals surface area contributed by atoms with Crippen LogP contribution in [0.5, 0.6) is 0 Å². The van der Waals surface area contributed by atoms with Crippen molar-refractivity contribution in [2.24, 2.45) is 11.7 Å². The zero-order valence-corrected chi connectivity index (χ0v) is 8.44. The topological polar surface area (TPSA) is 94.0 Å². The Kier molecular flexibility index (Phi) is 3.19. The van der Waals surface area contributed by atoms with Gasteiger partial charge in [0.05, 0.1) is 6.04 Å². The van der Waals surface area contributed by atoms with Crippen LogP contribution in [0.4, 0.5) is 6.01 Å². The Morgan fingerprint density at radius 3 is 2.57 bits per heavy atom. The second-order valence-corrected chi connectivity index (χ2v) is 3.39. The fourth-order valence-electron chi connectivity index (χ4n) is 0.839. The van der Waals surface area contributed by atoms with Crippen LogP contribution in [-0.2, 0) is 4.79 Å². The highest BCUT2D eigenvalue weighted by Crippen LogP contribution is 2.06. The van der Waals surface area contributed by atoms with E-state index in [1.54, 1.807) is 6.92 Å². The van der Waals surface area contributed by atoms with Gasteiger partial charge in [0.15, 0.2) is 0 Å². The number of rotatable bonds is 3. The molecule has 1 aromatic rings. The highest BCUT2D eigenvalue weighted by molar-refractivity contribution is 5.92. The largest absolute Gasteiger partial charge is 0.408 e. The van der Waals surface area contributed by atoms with E-state index >= 15 is 0 Å². The number of anilines is 1. The van der Waals surface area contributed by atoms with E-state index < -0.39 is 6.04 Å². The molecule has 0 aliphatic rings. The highest BCUT2D eigenvalue weighted by Gasteiger charge is 2.18. The summed E-state index contributed by atoms with van der Waals surface area (Å²) in [6.45, 7) is 5.37. The molecule has 0 fully saturated rings.